The molecule has 0 spiro atoms. The average molecular weight is 338 g/mol. The van der Waals surface area contributed by atoms with Gasteiger partial charge in [0.1, 0.15) is 0 Å². The molecule has 25 heavy (non-hydrogen) atoms. The summed E-state index contributed by atoms with van der Waals surface area (Å²) in [7, 11) is 0. The van der Waals surface area contributed by atoms with Crippen molar-refractivity contribution >= 4 is 17.3 Å². The number of rotatable bonds is 6. The lowest BCUT2D eigenvalue weighted by Gasteiger charge is -2.36. The molecule has 5 heteroatoms. The number of benzene rings is 2. The lowest BCUT2D eigenvalue weighted by atomic mass is 10.1. The summed E-state index contributed by atoms with van der Waals surface area (Å²) in [6.45, 7) is 7.90. The van der Waals surface area contributed by atoms with Crippen LogP contribution in [0, 0.1) is 6.92 Å². The molecule has 0 atom stereocenters. The minimum atomic E-state index is -0.386. The molecule has 2 aromatic carbocycles. The van der Waals surface area contributed by atoms with E-state index in [1.165, 1.54) is 5.69 Å². The van der Waals surface area contributed by atoms with Gasteiger partial charge >= 0.3 is 0 Å². The Bertz CT molecular complexity index is 709. The zero-order chi connectivity index (χ0) is 17.6. The van der Waals surface area contributed by atoms with E-state index >= 15 is 0 Å². The van der Waals surface area contributed by atoms with E-state index in [9.17, 15) is 4.79 Å². The third kappa shape index (κ3) is 4.51. The van der Waals surface area contributed by atoms with E-state index in [2.05, 4.69) is 45.4 Å². The van der Waals surface area contributed by atoms with Crippen LogP contribution in [0.2, 0.25) is 0 Å². The first kappa shape index (κ1) is 17.3. The second-order valence-corrected chi connectivity index (χ2v) is 6.50. The van der Waals surface area contributed by atoms with Gasteiger partial charge in [-0.05, 0) is 31.2 Å². The summed E-state index contributed by atoms with van der Waals surface area (Å²) in [5.41, 5.74) is 9.19. The van der Waals surface area contributed by atoms with Crippen LogP contribution in [0.5, 0.6) is 0 Å². The van der Waals surface area contributed by atoms with Gasteiger partial charge in [0.05, 0.1) is 5.56 Å². The molecule has 5 nitrogen and oxygen atoms in total. The van der Waals surface area contributed by atoms with Crippen LogP contribution in [0.4, 0.5) is 11.4 Å². The summed E-state index contributed by atoms with van der Waals surface area (Å²) >= 11 is 0. The topological polar surface area (TPSA) is 61.6 Å². The molecule has 0 aromatic heterocycles. The van der Waals surface area contributed by atoms with Crippen LogP contribution in [-0.2, 0) is 0 Å². The number of nitrogens with zero attached hydrogens (tertiary/aromatic N) is 2. The Morgan fingerprint density at radius 1 is 1.08 bits per heavy atom. The standard InChI is InChI=1S/C20H26N4O/c1-16-7-8-19(18(15-16)20(21)25)22-9-10-23-11-13-24(14-12-23)17-5-3-2-4-6-17/h2-8,15,22H,9-14H2,1H3,(H2,21,25). The van der Waals surface area contributed by atoms with Crippen molar-refractivity contribution in [2.24, 2.45) is 5.73 Å². The third-order valence-electron chi connectivity index (χ3n) is 4.68. The van der Waals surface area contributed by atoms with Gasteiger partial charge in [-0.25, -0.2) is 0 Å². The minimum Gasteiger partial charge on any atom is -0.383 e. The molecule has 3 rings (SSSR count). The van der Waals surface area contributed by atoms with Gasteiger partial charge < -0.3 is 16.0 Å². The van der Waals surface area contributed by atoms with Crippen molar-refractivity contribution in [2.75, 3.05) is 49.5 Å². The number of anilines is 2. The van der Waals surface area contributed by atoms with Crippen LogP contribution in [0.1, 0.15) is 15.9 Å². The smallest absolute Gasteiger partial charge is 0.250 e. The molecule has 0 radical (unpaired) electrons. The van der Waals surface area contributed by atoms with Crippen molar-refractivity contribution in [1.82, 2.24) is 4.90 Å². The number of nitrogens with two attached hydrogens (primary N) is 1. The number of amides is 1. The van der Waals surface area contributed by atoms with E-state index in [-0.39, 0.29) is 5.91 Å². The second-order valence-electron chi connectivity index (χ2n) is 6.50. The zero-order valence-corrected chi connectivity index (χ0v) is 14.7. The van der Waals surface area contributed by atoms with Gasteiger partial charge in [-0.1, -0.05) is 29.8 Å². The number of nitrogens with one attached hydrogen (secondary N) is 1. The molecule has 1 fully saturated rings. The molecule has 0 bridgehead atoms. The van der Waals surface area contributed by atoms with Gasteiger partial charge in [-0.2, -0.15) is 0 Å². The Balaban J connectivity index is 1.47. The second kappa shape index (κ2) is 8.03. The van der Waals surface area contributed by atoms with E-state index in [0.29, 0.717) is 5.56 Å². The van der Waals surface area contributed by atoms with Crippen LogP contribution < -0.4 is 16.0 Å². The maximum Gasteiger partial charge on any atom is 0.250 e. The van der Waals surface area contributed by atoms with Crippen molar-refractivity contribution in [1.29, 1.82) is 0 Å². The average Bonchev–Trinajstić information content (AvgIpc) is 2.64. The fourth-order valence-electron chi connectivity index (χ4n) is 3.23. The number of carbonyl (C=O) groups excluding carboxylic acids is 1. The van der Waals surface area contributed by atoms with Crippen molar-refractivity contribution in [3.63, 3.8) is 0 Å². The van der Waals surface area contributed by atoms with Crippen LogP contribution in [0.3, 0.4) is 0 Å². The number of primary amides is 1. The molecule has 1 aliphatic heterocycles. The van der Waals surface area contributed by atoms with Crippen LogP contribution in [-0.4, -0.2) is 50.1 Å². The first-order chi connectivity index (χ1) is 12.1. The quantitative estimate of drug-likeness (QED) is 0.849. The van der Waals surface area contributed by atoms with Crippen LogP contribution in [0.25, 0.3) is 0 Å². The van der Waals surface area contributed by atoms with E-state index < -0.39 is 0 Å². The number of para-hydroxylation sites is 1. The summed E-state index contributed by atoms with van der Waals surface area (Å²) in [5, 5.41) is 3.36. The van der Waals surface area contributed by atoms with Crippen LogP contribution >= 0.6 is 0 Å². The Hall–Kier alpha value is -2.53. The fraction of sp³-hybridized carbons (Fsp3) is 0.350. The molecule has 132 valence electrons. The minimum absolute atomic E-state index is 0.386. The highest BCUT2D eigenvalue weighted by Crippen LogP contribution is 2.17. The Kier molecular flexibility index (Phi) is 5.56. The van der Waals surface area contributed by atoms with Gasteiger partial charge in [-0.3, -0.25) is 9.69 Å². The Morgan fingerprint density at radius 3 is 2.48 bits per heavy atom. The molecular formula is C20H26N4O. The normalized spacial score (nSPS) is 15.2. The SMILES string of the molecule is Cc1ccc(NCCN2CCN(c3ccccc3)CC2)c(C(N)=O)c1. The maximum atomic E-state index is 11.6. The molecule has 1 saturated heterocycles. The van der Waals surface area contributed by atoms with E-state index in [1.807, 2.05) is 25.1 Å². The highest BCUT2D eigenvalue weighted by Gasteiger charge is 2.16. The molecule has 1 aliphatic rings. The van der Waals surface area contributed by atoms with Gasteiger partial charge in [0, 0.05) is 50.6 Å². The summed E-state index contributed by atoms with van der Waals surface area (Å²) < 4.78 is 0. The summed E-state index contributed by atoms with van der Waals surface area (Å²) in [4.78, 5) is 16.5. The van der Waals surface area contributed by atoms with Gasteiger partial charge in [0.15, 0.2) is 0 Å². The molecule has 0 unspecified atom stereocenters. The monoisotopic (exact) mass is 338 g/mol. The van der Waals surface area contributed by atoms with Crippen molar-refractivity contribution < 1.29 is 4.79 Å². The molecule has 1 amide bonds. The van der Waals surface area contributed by atoms with Crippen LogP contribution in [0.15, 0.2) is 48.5 Å². The van der Waals surface area contributed by atoms with E-state index in [0.717, 1.165) is 50.5 Å². The molecule has 1 heterocycles. The number of carbonyl (C=O) groups is 1. The highest BCUT2D eigenvalue weighted by molar-refractivity contribution is 5.98. The first-order valence-electron chi connectivity index (χ1n) is 8.80. The maximum absolute atomic E-state index is 11.6. The van der Waals surface area contributed by atoms with E-state index in [4.69, 9.17) is 5.73 Å². The summed E-state index contributed by atoms with van der Waals surface area (Å²) in [5.74, 6) is -0.386. The Morgan fingerprint density at radius 2 is 1.80 bits per heavy atom. The number of hydrogen-bond acceptors (Lipinski definition) is 4. The van der Waals surface area contributed by atoms with Gasteiger partial charge in [-0.15, -0.1) is 0 Å². The Labute approximate surface area is 149 Å². The van der Waals surface area contributed by atoms with Gasteiger partial charge in [0.25, 0.3) is 5.91 Å². The number of hydrogen-bond donors (Lipinski definition) is 2. The lowest BCUT2D eigenvalue weighted by molar-refractivity contribution is 0.100. The van der Waals surface area contributed by atoms with Crippen molar-refractivity contribution in [3.05, 3.63) is 59.7 Å². The lowest BCUT2D eigenvalue weighted by Crippen LogP contribution is -2.47. The van der Waals surface area contributed by atoms with Crippen molar-refractivity contribution in [3.8, 4) is 0 Å². The predicted octanol–water partition coefficient (Wildman–Crippen LogP) is 2.33. The summed E-state index contributed by atoms with van der Waals surface area (Å²) in [6, 6.07) is 16.3. The molecular weight excluding hydrogens is 312 g/mol. The third-order valence-corrected chi connectivity index (χ3v) is 4.68. The summed E-state index contributed by atoms with van der Waals surface area (Å²) in [6.07, 6.45) is 0. The molecule has 2 aromatic rings. The first-order valence-corrected chi connectivity index (χ1v) is 8.80. The predicted molar refractivity (Wildman–Crippen MR) is 103 cm³/mol. The van der Waals surface area contributed by atoms with Crippen molar-refractivity contribution in [2.45, 2.75) is 6.92 Å². The highest BCUT2D eigenvalue weighted by atomic mass is 16.1. The molecule has 0 aliphatic carbocycles. The van der Waals surface area contributed by atoms with Gasteiger partial charge in [0.2, 0.25) is 0 Å². The molecule has 3 N–H and O–H groups in total. The number of aryl methyl sites for hydroxylation is 1. The largest absolute Gasteiger partial charge is 0.383 e. The zero-order valence-electron chi connectivity index (χ0n) is 14.7. The number of piperazine rings is 1. The molecule has 0 saturated carbocycles. The fourth-order valence-corrected chi connectivity index (χ4v) is 3.23. The van der Waals surface area contributed by atoms with E-state index in [1.54, 1.807) is 0 Å².